The number of carboxylic acid groups (broad SMARTS) is 1. The van der Waals surface area contributed by atoms with Crippen molar-refractivity contribution in [1.29, 1.82) is 0 Å². The zero-order valence-corrected chi connectivity index (χ0v) is 19.4. The summed E-state index contributed by atoms with van der Waals surface area (Å²) in [5, 5.41) is 15.2. The lowest BCUT2D eigenvalue weighted by molar-refractivity contribution is -0.126. The van der Waals surface area contributed by atoms with Crippen LogP contribution in [0.4, 0.5) is 0 Å². The van der Waals surface area contributed by atoms with E-state index in [2.05, 4.69) is 27.5 Å². The Morgan fingerprint density at radius 2 is 1.82 bits per heavy atom. The number of rotatable bonds is 8. The summed E-state index contributed by atoms with van der Waals surface area (Å²) in [5.74, 6) is -0.910. The monoisotopic (exact) mass is 464 g/mol. The number of carboxylic acids is 1. The normalized spacial score (nSPS) is 23.1. The molecule has 2 amide bonds. The molecule has 2 fully saturated rings. The summed E-state index contributed by atoms with van der Waals surface area (Å²) in [5.41, 5.74) is 2.31. The van der Waals surface area contributed by atoms with Crippen LogP contribution in [-0.2, 0) is 22.7 Å². The van der Waals surface area contributed by atoms with Crippen molar-refractivity contribution in [3.63, 3.8) is 0 Å². The molecule has 0 unspecified atom stereocenters. The zero-order chi connectivity index (χ0) is 24.1. The molecule has 0 aromatic heterocycles. The molecule has 0 spiro atoms. The molecule has 8 nitrogen and oxygen atoms in total. The molecule has 2 aliphatic heterocycles. The third kappa shape index (κ3) is 5.63. The minimum atomic E-state index is -0.947. The quantitative estimate of drug-likeness (QED) is 0.551. The van der Waals surface area contributed by atoms with Crippen LogP contribution in [0.1, 0.15) is 40.7 Å². The zero-order valence-electron chi connectivity index (χ0n) is 19.4. The predicted molar refractivity (Wildman–Crippen MR) is 128 cm³/mol. The van der Waals surface area contributed by atoms with Gasteiger partial charge in [0.25, 0.3) is 0 Å². The van der Waals surface area contributed by atoms with Crippen LogP contribution in [0.15, 0.2) is 54.6 Å². The van der Waals surface area contributed by atoms with Gasteiger partial charge in [0, 0.05) is 44.7 Å². The molecule has 2 saturated heterocycles. The minimum absolute atomic E-state index is 0.0160. The second kappa shape index (κ2) is 10.8. The second-order valence-electron chi connectivity index (χ2n) is 9.14. The van der Waals surface area contributed by atoms with Gasteiger partial charge in [-0.05, 0) is 43.1 Å². The molecular weight excluding hydrogens is 432 g/mol. The Labute approximate surface area is 199 Å². The summed E-state index contributed by atoms with van der Waals surface area (Å²) in [6, 6.07) is 16.6. The number of aromatic carboxylic acids is 1. The average molecular weight is 465 g/mol. The third-order valence-electron chi connectivity index (χ3n) is 6.97. The van der Waals surface area contributed by atoms with Crippen LogP contribution in [-0.4, -0.2) is 71.0 Å². The molecule has 0 aliphatic carbocycles. The van der Waals surface area contributed by atoms with Crippen molar-refractivity contribution in [3.05, 3.63) is 71.3 Å². The predicted octanol–water partition coefficient (Wildman–Crippen LogP) is 1.85. The maximum absolute atomic E-state index is 13.0. The van der Waals surface area contributed by atoms with Gasteiger partial charge < -0.3 is 15.7 Å². The summed E-state index contributed by atoms with van der Waals surface area (Å²) in [6.45, 7) is 2.42. The molecule has 2 heterocycles. The van der Waals surface area contributed by atoms with Crippen molar-refractivity contribution in [2.75, 3.05) is 20.1 Å². The first kappa shape index (κ1) is 23.9. The van der Waals surface area contributed by atoms with Crippen molar-refractivity contribution < 1.29 is 19.5 Å². The Morgan fingerprint density at radius 1 is 1.09 bits per heavy atom. The van der Waals surface area contributed by atoms with Gasteiger partial charge in [0.1, 0.15) is 6.04 Å². The van der Waals surface area contributed by atoms with Crippen LogP contribution in [0.25, 0.3) is 0 Å². The molecule has 180 valence electrons. The number of nitrogens with one attached hydrogen (secondary N) is 2. The van der Waals surface area contributed by atoms with Crippen molar-refractivity contribution in [2.24, 2.45) is 0 Å². The highest BCUT2D eigenvalue weighted by molar-refractivity contribution is 5.87. The Bertz CT molecular complexity index is 1010. The standard InChI is InChI=1S/C26H32N4O4/c1-29-21(11-12-23(31)27-15-18-5-3-2-4-6-18)16-28-25(32)24-22(29)13-14-30(24)17-19-7-9-20(10-8-19)26(33)34/h2-10,21-22,24H,11-17H2,1H3,(H,27,31)(H,28,32)(H,33,34)/t21-,22-,24-/m0/s1. The number of benzene rings is 2. The lowest BCUT2D eigenvalue weighted by Gasteiger charge is -2.33. The lowest BCUT2D eigenvalue weighted by atomic mass is 10.0. The van der Waals surface area contributed by atoms with Gasteiger partial charge in [0.2, 0.25) is 11.8 Å². The molecule has 2 aromatic carbocycles. The van der Waals surface area contributed by atoms with Crippen molar-refractivity contribution in [1.82, 2.24) is 20.4 Å². The third-order valence-corrected chi connectivity index (χ3v) is 6.97. The van der Waals surface area contributed by atoms with Gasteiger partial charge in [0.05, 0.1) is 5.56 Å². The van der Waals surface area contributed by atoms with E-state index in [1.165, 1.54) is 0 Å². The highest BCUT2D eigenvalue weighted by atomic mass is 16.4. The van der Waals surface area contributed by atoms with Crippen LogP contribution in [0.3, 0.4) is 0 Å². The van der Waals surface area contributed by atoms with E-state index in [0.29, 0.717) is 32.5 Å². The molecule has 2 aliphatic rings. The average Bonchev–Trinajstić information content (AvgIpc) is 3.21. The van der Waals surface area contributed by atoms with Crippen molar-refractivity contribution in [3.8, 4) is 0 Å². The Hall–Kier alpha value is -3.23. The summed E-state index contributed by atoms with van der Waals surface area (Å²) in [7, 11) is 2.05. The molecule has 0 radical (unpaired) electrons. The smallest absolute Gasteiger partial charge is 0.335 e. The van der Waals surface area contributed by atoms with E-state index in [1.54, 1.807) is 12.1 Å². The highest BCUT2D eigenvalue weighted by Crippen LogP contribution is 2.28. The van der Waals surface area contributed by atoms with Gasteiger partial charge in [0.15, 0.2) is 0 Å². The molecule has 2 aromatic rings. The topological polar surface area (TPSA) is 102 Å². The minimum Gasteiger partial charge on any atom is -0.478 e. The first-order valence-electron chi connectivity index (χ1n) is 11.8. The number of nitrogens with zero attached hydrogens (tertiary/aromatic N) is 2. The van der Waals surface area contributed by atoms with Gasteiger partial charge in [-0.25, -0.2) is 4.79 Å². The van der Waals surface area contributed by atoms with Crippen LogP contribution in [0.2, 0.25) is 0 Å². The first-order chi connectivity index (χ1) is 16.4. The Kier molecular flexibility index (Phi) is 7.59. The van der Waals surface area contributed by atoms with Crippen LogP contribution in [0.5, 0.6) is 0 Å². The Balaban J connectivity index is 1.33. The SMILES string of the molecule is CN1[C@@H](CCC(=O)NCc2ccccc2)CNC(=O)[C@@H]2[C@@H]1CCN2Cc1ccc(C(=O)O)cc1. The summed E-state index contributed by atoms with van der Waals surface area (Å²) >= 11 is 0. The number of likely N-dealkylation sites (tertiary alicyclic amines) is 1. The van der Waals surface area contributed by atoms with Gasteiger partial charge >= 0.3 is 5.97 Å². The molecule has 3 N–H and O–H groups in total. The molecule has 4 rings (SSSR count). The summed E-state index contributed by atoms with van der Waals surface area (Å²) in [6.07, 6.45) is 1.96. The lowest BCUT2D eigenvalue weighted by Crippen LogP contribution is -2.49. The fourth-order valence-corrected chi connectivity index (χ4v) is 5.00. The van der Waals surface area contributed by atoms with E-state index in [-0.39, 0.29) is 35.5 Å². The summed E-state index contributed by atoms with van der Waals surface area (Å²) in [4.78, 5) is 40.9. The molecule has 8 heteroatoms. The maximum atomic E-state index is 13.0. The number of hydrogen-bond acceptors (Lipinski definition) is 5. The van der Waals surface area contributed by atoms with E-state index >= 15 is 0 Å². The number of amides is 2. The highest BCUT2D eigenvalue weighted by Gasteiger charge is 2.44. The van der Waals surface area contributed by atoms with Crippen LogP contribution < -0.4 is 10.6 Å². The molecular formula is C26H32N4O4. The number of likely N-dealkylation sites (N-methyl/N-ethyl adjacent to an activating group) is 1. The molecule has 0 saturated carbocycles. The molecule has 34 heavy (non-hydrogen) atoms. The van der Waals surface area contributed by atoms with Gasteiger partial charge in [-0.15, -0.1) is 0 Å². The molecule has 3 atom stereocenters. The number of carbonyl (C=O) groups excluding carboxylic acids is 2. The van der Waals surface area contributed by atoms with E-state index < -0.39 is 5.97 Å². The fourth-order valence-electron chi connectivity index (χ4n) is 5.00. The Morgan fingerprint density at radius 3 is 2.53 bits per heavy atom. The van der Waals surface area contributed by atoms with E-state index in [0.717, 1.165) is 24.1 Å². The van der Waals surface area contributed by atoms with Gasteiger partial charge in [-0.3, -0.25) is 19.4 Å². The summed E-state index contributed by atoms with van der Waals surface area (Å²) < 4.78 is 0. The largest absolute Gasteiger partial charge is 0.478 e. The van der Waals surface area contributed by atoms with Crippen molar-refractivity contribution in [2.45, 2.75) is 50.5 Å². The van der Waals surface area contributed by atoms with Crippen LogP contribution in [0, 0.1) is 0 Å². The number of hydrogen-bond donors (Lipinski definition) is 3. The van der Waals surface area contributed by atoms with Crippen LogP contribution >= 0.6 is 0 Å². The number of carbonyl (C=O) groups is 3. The van der Waals surface area contributed by atoms with E-state index in [1.807, 2.05) is 42.5 Å². The first-order valence-corrected chi connectivity index (χ1v) is 11.8. The van der Waals surface area contributed by atoms with Gasteiger partial charge in [-0.1, -0.05) is 42.5 Å². The fraction of sp³-hybridized carbons (Fsp3) is 0.423. The second-order valence-corrected chi connectivity index (χ2v) is 9.14. The van der Waals surface area contributed by atoms with Crippen molar-refractivity contribution >= 4 is 17.8 Å². The number of fused-ring (bicyclic) bond motifs is 1. The molecule has 0 bridgehead atoms. The van der Waals surface area contributed by atoms with E-state index in [9.17, 15) is 14.4 Å². The maximum Gasteiger partial charge on any atom is 0.335 e. The van der Waals surface area contributed by atoms with E-state index in [4.69, 9.17) is 5.11 Å². The van der Waals surface area contributed by atoms with Gasteiger partial charge in [-0.2, -0.15) is 0 Å².